The minimum Gasteiger partial charge on any atom is -0.520 e. The first-order chi connectivity index (χ1) is 7.99. The number of rotatable bonds is 5. The van der Waals surface area contributed by atoms with Gasteiger partial charge in [-0.2, -0.15) is 6.41 Å². The Morgan fingerprint density at radius 2 is 1.94 bits per heavy atom. The van der Waals surface area contributed by atoms with Gasteiger partial charge in [-0.1, -0.05) is 6.07 Å². The van der Waals surface area contributed by atoms with Gasteiger partial charge in [-0.05, 0) is 43.7 Å². The molecular formula is C13H16NO3Y-. The van der Waals surface area contributed by atoms with Crippen molar-refractivity contribution in [3.05, 3.63) is 34.4 Å². The summed E-state index contributed by atoms with van der Waals surface area (Å²) in [5.41, 5.74) is 3.24. The van der Waals surface area contributed by atoms with E-state index in [4.69, 9.17) is 5.11 Å². The fourth-order valence-corrected chi connectivity index (χ4v) is 1.72. The van der Waals surface area contributed by atoms with E-state index in [-0.39, 0.29) is 38.5 Å². The molecular weight excluding hydrogens is 307 g/mol. The van der Waals surface area contributed by atoms with E-state index in [0.29, 0.717) is 12.1 Å². The fourth-order valence-electron chi connectivity index (χ4n) is 1.72. The first-order valence-corrected chi connectivity index (χ1v) is 5.32. The molecule has 0 aliphatic carbocycles. The molecule has 4 nitrogen and oxygen atoms in total. The summed E-state index contributed by atoms with van der Waals surface area (Å²) in [7, 11) is 1.65. The number of carbonyl (C=O) groups is 1. The Balaban J connectivity index is 0.00000289. The number of aryl methyl sites for hydroxylation is 2. The van der Waals surface area contributed by atoms with Gasteiger partial charge in [0.1, 0.15) is 6.61 Å². The normalized spacial score (nSPS) is 9.56. The van der Waals surface area contributed by atoms with Gasteiger partial charge in [0.05, 0.1) is 0 Å². The van der Waals surface area contributed by atoms with Crippen LogP contribution in [0.25, 0.3) is 0 Å². The van der Waals surface area contributed by atoms with Crippen LogP contribution in [0.5, 0.6) is 0 Å². The van der Waals surface area contributed by atoms with Crippen molar-refractivity contribution >= 4 is 12.2 Å². The van der Waals surface area contributed by atoms with E-state index in [1.54, 1.807) is 19.5 Å². The fraction of sp³-hybridized carbons (Fsp3) is 0.385. The Labute approximate surface area is 132 Å². The van der Waals surface area contributed by atoms with E-state index in [0.717, 1.165) is 16.7 Å². The van der Waals surface area contributed by atoms with E-state index in [1.807, 2.05) is 19.9 Å². The van der Waals surface area contributed by atoms with Gasteiger partial charge in [0.15, 0.2) is 5.78 Å². The number of aliphatic hydroxyl groups is 1. The van der Waals surface area contributed by atoms with Crippen molar-refractivity contribution in [1.82, 2.24) is 4.90 Å². The van der Waals surface area contributed by atoms with E-state index < -0.39 is 6.61 Å². The van der Waals surface area contributed by atoms with Crippen LogP contribution in [0.3, 0.4) is 0 Å². The first kappa shape index (κ1) is 17.4. The average molecular weight is 323 g/mol. The predicted octanol–water partition coefficient (Wildman–Crippen LogP) is 0.975. The zero-order valence-corrected chi connectivity index (χ0v) is 13.7. The molecule has 0 spiro atoms. The summed E-state index contributed by atoms with van der Waals surface area (Å²) in [6.07, 6.45) is 1.79. The monoisotopic (exact) mass is 323 g/mol. The molecule has 0 saturated heterocycles. The molecule has 0 aliphatic rings. The second kappa shape index (κ2) is 7.77. The number of carbonyl (C=O) groups excluding carboxylic acids is 2. The third-order valence-corrected chi connectivity index (χ3v) is 2.69. The quantitative estimate of drug-likeness (QED) is 0.499. The number of amides is 1. The topological polar surface area (TPSA) is 57.6 Å². The second-order valence-corrected chi connectivity index (χ2v) is 4.12. The van der Waals surface area contributed by atoms with Crippen molar-refractivity contribution in [1.29, 1.82) is 0 Å². The predicted molar refractivity (Wildman–Crippen MR) is 64.5 cm³/mol. The molecule has 5 heteroatoms. The van der Waals surface area contributed by atoms with Gasteiger partial charge in [0.25, 0.3) is 0 Å². The molecule has 95 valence electrons. The summed E-state index contributed by atoms with van der Waals surface area (Å²) < 4.78 is 0. The van der Waals surface area contributed by atoms with E-state index in [1.165, 1.54) is 4.90 Å². The van der Waals surface area contributed by atoms with Crippen LogP contribution in [0.1, 0.15) is 27.0 Å². The van der Waals surface area contributed by atoms with Gasteiger partial charge in [0.2, 0.25) is 0 Å². The first-order valence-electron chi connectivity index (χ1n) is 5.32. The SMILES string of the molecule is Cc1cc(C(=O)CO)c(C)cc1CN(C)[C-]=O.[Y]. The van der Waals surface area contributed by atoms with Crippen molar-refractivity contribution in [3.63, 3.8) is 0 Å². The Hall–Kier alpha value is -0.576. The number of benzene rings is 1. The summed E-state index contributed by atoms with van der Waals surface area (Å²) in [5.74, 6) is -0.285. The Morgan fingerprint density at radius 3 is 2.44 bits per heavy atom. The molecule has 1 aromatic carbocycles. The maximum absolute atomic E-state index is 11.5. The van der Waals surface area contributed by atoms with E-state index in [9.17, 15) is 9.59 Å². The summed E-state index contributed by atoms with van der Waals surface area (Å²) >= 11 is 0. The minimum absolute atomic E-state index is 0. The van der Waals surface area contributed by atoms with Gasteiger partial charge >= 0.3 is 0 Å². The molecule has 0 saturated carbocycles. The van der Waals surface area contributed by atoms with Crippen LogP contribution >= 0.6 is 0 Å². The molecule has 1 amide bonds. The molecule has 18 heavy (non-hydrogen) atoms. The smallest absolute Gasteiger partial charge is 0.188 e. The molecule has 0 atom stereocenters. The van der Waals surface area contributed by atoms with Gasteiger partial charge in [0, 0.05) is 44.8 Å². The molecule has 1 N–H and O–H groups in total. The summed E-state index contributed by atoms with van der Waals surface area (Å²) in [5, 5.41) is 8.85. The molecule has 0 fully saturated rings. The zero-order valence-electron chi connectivity index (χ0n) is 10.9. The number of ketones is 1. The summed E-state index contributed by atoms with van der Waals surface area (Å²) in [6, 6.07) is 3.62. The van der Waals surface area contributed by atoms with Crippen molar-refractivity contribution in [2.75, 3.05) is 13.7 Å². The number of hydrogen-bond donors (Lipinski definition) is 1. The van der Waals surface area contributed by atoms with Gasteiger partial charge < -0.3 is 14.8 Å². The minimum atomic E-state index is -0.484. The summed E-state index contributed by atoms with van der Waals surface area (Å²) in [6.45, 7) is 3.67. The number of hydrogen-bond acceptors (Lipinski definition) is 3. The van der Waals surface area contributed by atoms with Crippen LogP contribution < -0.4 is 0 Å². The van der Waals surface area contributed by atoms with Crippen LogP contribution in [-0.2, 0) is 44.0 Å². The standard InChI is InChI=1S/C13H16NO3.Y/c1-9-5-12(13(17)7-15)10(2)4-11(9)6-14(3)8-16;/h4-5,15H,6-7H2,1-3H3;/q-1;. The second-order valence-electron chi connectivity index (χ2n) is 4.12. The van der Waals surface area contributed by atoms with E-state index >= 15 is 0 Å². The number of nitrogens with zero attached hydrogens (tertiary/aromatic N) is 1. The van der Waals surface area contributed by atoms with Crippen molar-refractivity contribution in [3.8, 4) is 0 Å². The third kappa shape index (κ3) is 4.27. The Kier molecular flexibility index (Phi) is 7.52. The third-order valence-electron chi connectivity index (χ3n) is 2.69. The molecule has 0 unspecified atom stereocenters. The summed E-state index contributed by atoms with van der Waals surface area (Å²) in [4.78, 5) is 23.3. The van der Waals surface area contributed by atoms with E-state index in [2.05, 4.69) is 0 Å². The van der Waals surface area contributed by atoms with Gasteiger partial charge in [-0.3, -0.25) is 4.79 Å². The molecule has 0 bridgehead atoms. The number of Topliss-reactive ketones (excluding diaryl/α,β-unsaturated/α-hetero) is 1. The Bertz CT molecular complexity index is 446. The van der Waals surface area contributed by atoms with Crippen LogP contribution in [0.15, 0.2) is 12.1 Å². The van der Waals surface area contributed by atoms with Crippen LogP contribution in [0.2, 0.25) is 0 Å². The Morgan fingerprint density at radius 1 is 1.33 bits per heavy atom. The van der Waals surface area contributed by atoms with Gasteiger partial charge in [-0.25, -0.2) is 0 Å². The van der Waals surface area contributed by atoms with Crippen molar-refractivity contribution in [2.45, 2.75) is 20.4 Å². The molecule has 0 aliphatic heterocycles. The molecule has 1 aromatic rings. The van der Waals surface area contributed by atoms with Gasteiger partial charge in [-0.15, -0.1) is 0 Å². The maximum Gasteiger partial charge on any atom is 0.188 e. The van der Waals surface area contributed by atoms with Crippen LogP contribution in [0, 0.1) is 13.8 Å². The molecule has 1 radical (unpaired) electrons. The largest absolute Gasteiger partial charge is 0.520 e. The average Bonchev–Trinajstić information content (AvgIpc) is 2.32. The zero-order chi connectivity index (χ0) is 13.0. The maximum atomic E-state index is 11.5. The number of aliphatic hydroxyl groups excluding tert-OH is 1. The molecule has 0 aromatic heterocycles. The van der Waals surface area contributed by atoms with Crippen molar-refractivity contribution in [2.24, 2.45) is 0 Å². The molecule has 0 heterocycles. The molecule has 1 rings (SSSR count). The van der Waals surface area contributed by atoms with Crippen LogP contribution in [-0.4, -0.2) is 35.9 Å². The van der Waals surface area contributed by atoms with Crippen LogP contribution in [0.4, 0.5) is 0 Å². The van der Waals surface area contributed by atoms with Crippen molar-refractivity contribution < 1.29 is 47.4 Å².